The van der Waals surface area contributed by atoms with Crippen LogP contribution in [-0.2, 0) is 20.1 Å². The van der Waals surface area contributed by atoms with E-state index in [2.05, 4.69) is 26.3 Å². The maximum absolute atomic E-state index is 13.1. The van der Waals surface area contributed by atoms with Crippen LogP contribution in [0.3, 0.4) is 0 Å². The second-order valence-electron chi connectivity index (χ2n) is 4.24. The Morgan fingerprint density at radius 3 is 2.78 bits per heavy atom. The summed E-state index contributed by atoms with van der Waals surface area (Å²) in [5.74, 6) is -0.216. The molecule has 0 radical (unpaired) electrons. The van der Waals surface area contributed by atoms with E-state index in [4.69, 9.17) is 0 Å². The SMILES string of the molecule is Cc1cc(CNCc2cc(F)ccc2Br)n(C)n1. The fourth-order valence-corrected chi connectivity index (χ4v) is 2.22. The Kier molecular flexibility index (Phi) is 4.14. The average Bonchev–Trinajstić information content (AvgIpc) is 2.62. The Bertz CT molecular complexity index is 551. The highest BCUT2D eigenvalue weighted by atomic mass is 79.9. The van der Waals surface area contributed by atoms with Crippen molar-refractivity contribution in [2.45, 2.75) is 20.0 Å². The van der Waals surface area contributed by atoms with Gasteiger partial charge in [0.2, 0.25) is 0 Å². The Balaban J connectivity index is 1.96. The van der Waals surface area contributed by atoms with E-state index in [1.54, 1.807) is 6.07 Å². The molecular formula is C13H15BrFN3. The van der Waals surface area contributed by atoms with E-state index in [-0.39, 0.29) is 5.82 Å². The van der Waals surface area contributed by atoms with Gasteiger partial charge >= 0.3 is 0 Å². The van der Waals surface area contributed by atoms with E-state index in [1.165, 1.54) is 12.1 Å². The molecule has 96 valence electrons. The van der Waals surface area contributed by atoms with Crippen LogP contribution in [0.25, 0.3) is 0 Å². The molecule has 0 atom stereocenters. The molecule has 0 unspecified atom stereocenters. The van der Waals surface area contributed by atoms with Gasteiger partial charge in [-0.2, -0.15) is 5.10 Å². The van der Waals surface area contributed by atoms with E-state index in [0.29, 0.717) is 13.1 Å². The molecule has 18 heavy (non-hydrogen) atoms. The minimum absolute atomic E-state index is 0.216. The number of rotatable bonds is 4. The lowest BCUT2D eigenvalue weighted by Crippen LogP contribution is -2.15. The van der Waals surface area contributed by atoms with Crippen LogP contribution >= 0.6 is 15.9 Å². The third-order valence-corrected chi connectivity index (χ3v) is 3.50. The van der Waals surface area contributed by atoms with E-state index < -0.39 is 0 Å². The molecule has 1 heterocycles. The van der Waals surface area contributed by atoms with E-state index in [9.17, 15) is 4.39 Å². The first-order valence-electron chi connectivity index (χ1n) is 5.70. The molecule has 0 aliphatic carbocycles. The number of aromatic nitrogens is 2. The van der Waals surface area contributed by atoms with Crippen molar-refractivity contribution in [2.24, 2.45) is 7.05 Å². The van der Waals surface area contributed by atoms with Crippen LogP contribution in [0, 0.1) is 12.7 Å². The number of hydrogen-bond donors (Lipinski definition) is 1. The predicted octanol–water partition coefficient (Wildman–Crippen LogP) is 2.92. The summed E-state index contributed by atoms with van der Waals surface area (Å²) in [7, 11) is 1.92. The van der Waals surface area contributed by atoms with Crippen LogP contribution in [0.2, 0.25) is 0 Å². The number of benzene rings is 1. The molecule has 0 aliphatic rings. The first-order chi connectivity index (χ1) is 8.56. The lowest BCUT2D eigenvalue weighted by Gasteiger charge is -2.07. The summed E-state index contributed by atoms with van der Waals surface area (Å²) in [4.78, 5) is 0. The zero-order chi connectivity index (χ0) is 13.1. The molecule has 0 fully saturated rings. The lowest BCUT2D eigenvalue weighted by atomic mass is 10.2. The van der Waals surface area contributed by atoms with Crippen LogP contribution in [0.5, 0.6) is 0 Å². The first kappa shape index (κ1) is 13.2. The third kappa shape index (κ3) is 3.17. The molecule has 1 aromatic heterocycles. The highest BCUT2D eigenvalue weighted by molar-refractivity contribution is 9.10. The van der Waals surface area contributed by atoms with Crippen molar-refractivity contribution in [2.75, 3.05) is 0 Å². The topological polar surface area (TPSA) is 29.9 Å². The van der Waals surface area contributed by atoms with Crippen molar-refractivity contribution in [1.29, 1.82) is 0 Å². The summed E-state index contributed by atoms with van der Waals surface area (Å²) in [5.41, 5.74) is 3.02. The Hall–Kier alpha value is -1.20. The standard InChI is InChI=1S/C13H15BrFN3/c1-9-5-12(18(2)17-9)8-16-7-10-6-11(15)3-4-13(10)14/h3-6,16H,7-8H2,1-2H3. The minimum atomic E-state index is -0.216. The van der Waals surface area contributed by atoms with E-state index in [0.717, 1.165) is 21.4 Å². The smallest absolute Gasteiger partial charge is 0.123 e. The van der Waals surface area contributed by atoms with Gasteiger partial charge in [-0.1, -0.05) is 15.9 Å². The lowest BCUT2D eigenvalue weighted by molar-refractivity contribution is 0.608. The van der Waals surface area contributed by atoms with Gasteiger partial charge in [0.15, 0.2) is 0 Å². The molecule has 5 heteroatoms. The maximum Gasteiger partial charge on any atom is 0.123 e. The summed E-state index contributed by atoms with van der Waals surface area (Å²) >= 11 is 3.41. The van der Waals surface area contributed by atoms with Crippen LogP contribution in [-0.4, -0.2) is 9.78 Å². The normalized spacial score (nSPS) is 10.9. The molecule has 2 aromatic rings. The molecule has 0 spiro atoms. The van der Waals surface area contributed by atoms with Crippen molar-refractivity contribution in [3.8, 4) is 0 Å². The average molecular weight is 312 g/mol. The summed E-state index contributed by atoms with van der Waals surface area (Å²) in [5, 5.41) is 7.56. The Labute approximate surface area is 114 Å². The monoisotopic (exact) mass is 311 g/mol. The minimum Gasteiger partial charge on any atom is -0.307 e. The Morgan fingerprint density at radius 1 is 1.33 bits per heavy atom. The predicted molar refractivity (Wildman–Crippen MR) is 72.6 cm³/mol. The molecular weight excluding hydrogens is 297 g/mol. The second-order valence-corrected chi connectivity index (χ2v) is 5.09. The highest BCUT2D eigenvalue weighted by Crippen LogP contribution is 2.17. The summed E-state index contributed by atoms with van der Waals surface area (Å²) < 4.78 is 15.9. The molecule has 1 N–H and O–H groups in total. The highest BCUT2D eigenvalue weighted by Gasteiger charge is 2.04. The first-order valence-corrected chi connectivity index (χ1v) is 6.49. The van der Waals surface area contributed by atoms with Gasteiger partial charge in [-0.05, 0) is 36.8 Å². The number of nitrogens with zero attached hydrogens (tertiary/aromatic N) is 2. The van der Waals surface area contributed by atoms with Gasteiger partial charge in [0.25, 0.3) is 0 Å². The maximum atomic E-state index is 13.1. The molecule has 0 saturated heterocycles. The zero-order valence-corrected chi connectivity index (χ0v) is 12.0. The number of halogens is 2. The van der Waals surface area contributed by atoms with Crippen molar-refractivity contribution in [3.63, 3.8) is 0 Å². The number of hydrogen-bond acceptors (Lipinski definition) is 2. The summed E-state index contributed by atoms with van der Waals surface area (Å²) in [6.45, 7) is 3.29. The van der Waals surface area contributed by atoms with Gasteiger partial charge in [-0.3, -0.25) is 4.68 Å². The number of aryl methyl sites for hydroxylation is 2. The summed E-state index contributed by atoms with van der Waals surface area (Å²) in [6.07, 6.45) is 0. The second kappa shape index (κ2) is 5.63. The molecule has 1 aromatic carbocycles. The molecule has 3 nitrogen and oxygen atoms in total. The quantitative estimate of drug-likeness (QED) is 0.941. The molecule has 0 saturated carbocycles. The largest absolute Gasteiger partial charge is 0.307 e. The van der Waals surface area contributed by atoms with Crippen molar-refractivity contribution in [3.05, 3.63) is 51.5 Å². The van der Waals surface area contributed by atoms with Crippen molar-refractivity contribution in [1.82, 2.24) is 15.1 Å². The van der Waals surface area contributed by atoms with Crippen molar-refractivity contribution >= 4 is 15.9 Å². The van der Waals surface area contributed by atoms with Gasteiger partial charge in [0, 0.05) is 24.6 Å². The fraction of sp³-hybridized carbons (Fsp3) is 0.308. The van der Waals surface area contributed by atoms with Crippen LogP contribution in [0.1, 0.15) is 17.0 Å². The summed E-state index contributed by atoms with van der Waals surface area (Å²) in [6, 6.07) is 6.73. The zero-order valence-electron chi connectivity index (χ0n) is 10.4. The molecule has 0 aliphatic heterocycles. The van der Waals surface area contributed by atoms with Crippen LogP contribution in [0.15, 0.2) is 28.7 Å². The van der Waals surface area contributed by atoms with Gasteiger partial charge in [-0.15, -0.1) is 0 Å². The van der Waals surface area contributed by atoms with E-state index >= 15 is 0 Å². The van der Waals surface area contributed by atoms with Crippen molar-refractivity contribution < 1.29 is 4.39 Å². The fourth-order valence-electron chi connectivity index (χ4n) is 1.83. The molecule has 0 bridgehead atoms. The van der Waals surface area contributed by atoms with Crippen LogP contribution < -0.4 is 5.32 Å². The third-order valence-electron chi connectivity index (χ3n) is 2.73. The molecule has 2 rings (SSSR count). The van der Waals surface area contributed by atoms with E-state index in [1.807, 2.05) is 24.7 Å². The van der Waals surface area contributed by atoms with Gasteiger partial charge < -0.3 is 5.32 Å². The Morgan fingerprint density at radius 2 is 2.11 bits per heavy atom. The van der Waals surface area contributed by atoms with Crippen LogP contribution in [0.4, 0.5) is 4.39 Å². The van der Waals surface area contributed by atoms with Gasteiger partial charge in [0.05, 0.1) is 11.4 Å². The molecule has 0 amide bonds. The number of nitrogens with one attached hydrogen (secondary N) is 1. The van der Waals surface area contributed by atoms with Gasteiger partial charge in [0.1, 0.15) is 5.82 Å². The van der Waals surface area contributed by atoms with Gasteiger partial charge in [-0.25, -0.2) is 4.39 Å².